The van der Waals surface area contributed by atoms with Gasteiger partial charge in [-0.1, -0.05) is 46.3 Å². The molecular formula is C22H21BrN2O2. The Morgan fingerprint density at radius 3 is 2.59 bits per heavy atom. The normalized spacial score (nSPS) is 15.1. The summed E-state index contributed by atoms with van der Waals surface area (Å²) in [5, 5.41) is 1.08. The Labute approximate surface area is 167 Å². The second kappa shape index (κ2) is 8.09. The number of hydrogen-bond donors (Lipinski definition) is 0. The summed E-state index contributed by atoms with van der Waals surface area (Å²) in [5.74, 6) is 1.01. The van der Waals surface area contributed by atoms with Gasteiger partial charge in [-0.05, 0) is 29.8 Å². The van der Waals surface area contributed by atoms with Crippen molar-refractivity contribution in [3.63, 3.8) is 0 Å². The third kappa shape index (κ3) is 4.30. The Bertz CT molecular complexity index is 929. The van der Waals surface area contributed by atoms with Gasteiger partial charge in [-0.15, -0.1) is 0 Å². The number of carbonyl (C=O) groups excluding carboxylic acids is 1. The molecule has 2 aromatic carbocycles. The van der Waals surface area contributed by atoms with E-state index in [1.807, 2.05) is 59.5 Å². The summed E-state index contributed by atoms with van der Waals surface area (Å²) >= 11 is 3.42. The number of rotatable bonds is 4. The second-order valence-corrected chi connectivity index (χ2v) is 7.75. The lowest BCUT2D eigenvalue weighted by atomic mass is 10.1. The molecule has 1 saturated heterocycles. The van der Waals surface area contributed by atoms with Crippen molar-refractivity contribution < 1.29 is 9.53 Å². The van der Waals surface area contributed by atoms with E-state index in [4.69, 9.17) is 4.74 Å². The molecular weight excluding hydrogens is 404 g/mol. The van der Waals surface area contributed by atoms with Crippen LogP contribution in [0.1, 0.15) is 18.4 Å². The van der Waals surface area contributed by atoms with Crippen molar-refractivity contribution in [2.24, 2.45) is 0 Å². The predicted molar refractivity (Wildman–Crippen MR) is 110 cm³/mol. The van der Waals surface area contributed by atoms with E-state index in [1.165, 1.54) is 0 Å². The summed E-state index contributed by atoms with van der Waals surface area (Å²) < 4.78 is 7.25. The zero-order valence-corrected chi connectivity index (χ0v) is 16.6. The first-order chi connectivity index (χ1) is 13.2. The van der Waals surface area contributed by atoms with Gasteiger partial charge in [-0.3, -0.25) is 9.78 Å². The van der Waals surface area contributed by atoms with Gasteiger partial charge in [0.25, 0.3) is 0 Å². The van der Waals surface area contributed by atoms with Crippen LogP contribution >= 0.6 is 15.9 Å². The Morgan fingerprint density at radius 1 is 1.07 bits per heavy atom. The zero-order valence-electron chi connectivity index (χ0n) is 15.0. The lowest BCUT2D eigenvalue weighted by molar-refractivity contribution is -0.132. The fourth-order valence-corrected chi connectivity index (χ4v) is 3.73. The molecule has 1 fully saturated rings. The van der Waals surface area contributed by atoms with Crippen LogP contribution in [0.5, 0.6) is 5.75 Å². The molecule has 0 spiro atoms. The molecule has 0 radical (unpaired) electrons. The van der Waals surface area contributed by atoms with Crippen molar-refractivity contribution in [2.45, 2.75) is 25.4 Å². The number of benzene rings is 2. The second-order valence-electron chi connectivity index (χ2n) is 6.83. The number of amides is 1. The van der Waals surface area contributed by atoms with Gasteiger partial charge in [0.15, 0.2) is 0 Å². The number of pyridine rings is 1. The van der Waals surface area contributed by atoms with E-state index in [1.54, 1.807) is 6.20 Å². The van der Waals surface area contributed by atoms with Gasteiger partial charge in [-0.25, -0.2) is 0 Å². The number of fused-ring (bicyclic) bond motifs is 1. The standard InChI is InChI=1S/C22H21BrN2O2/c23-18-8-6-16(7-9-18)15-21(26)25-13-10-19(11-14-25)27-20-5-1-3-17-4-2-12-24-22(17)20/h1-9,12,19H,10-11,13-15H2. The minimum Gasteiger partial charge on any atom is -0.488 e. The molecule has 4 rings (SSSR count). The van der Waals surface area contributed by atoms with Crippen molar-refractivity contribution >= 4 is 32.7 Å². The lowest BCUT2D eigenvalue weighted by Crippen LogP contribution is -2.42. The molecule has 27 heavy (non-hydrogen) atoms. The third-order valence-electron chi connectivity index (χ3n) is 4.95. The van der Waals surface area contributed by atoms with E-state index in [-0.39, 0.29) is 12.0 Å². The van der Waals surface area contributed by atoms with Crippen LogP contribution < -0.4 is 4.74 Å². The SMILES string of the molecule is O=C(Cc1ccc(Br)cc1)N1CCC(Oc2cccc3cccnc23)CC1. The minimum absolute atomic E-state index is 0.120. The Hall–Kier alpha value is -2.40. The summed E-state index contributed by atoms with van der Waals surface area (Å²) in [6, 6.07) is 17.9. The molecule has 138 valence electrons. The molecule has 1 aromatic heterocycles. The van der Waals surface area contributed by atoms with Gasteiger partial charge in [0.1, 0.15) is 17.4 Å². The number of hydrogen-bond acceptors (Lipinski definition) is 3. The van der Waals surface area contributed by atoms with Crippen LogP contribution in [-0.2, 0) is 11.2 Å². The topological polar surface area (TPSA) is 42.4 Å². The average Bonchev–Trinajstić information content (AvgIpc) is 2.70. The van der Waals surface area contributed by atoms with Crippen molar-refractivity contribution in [2.75, 3.05) is 13.1 Å². The number of halogens is 1. The highest BCUT2D eigenvalue weighted by molar-refractivity contribution is 9.10. The molecule has 0 unspecified atom stereocenters. The van der Waals surface area contributed by atoms with E-state index in [0.717, 1.165) is 52.6 Å². The van der Waals surface area contributed by atoms with Crippen LogP contribution in [0.3, 0.4) is 0 Å². The maximum Gasteiger partial charge on any atom is 0.226 e. The first kappa shape index (κ1) is 18.0. The fourth-order valence-electron chi connectivity index (χ4n) is 3.46. The molecule has 1 amide bonds. The van der Waals surface area contributed by atoms with E-state index in [0.29, 0.717) is 6.42 Å². The smallest absolute Gasteiger partial charge is 0.226 e. The first-order valence-electron chi connectivity index (χ1n) is 9.22. The summed E-state index contributed by atoms with van der Waals surface area (Å²) in [5.41, 5.74) is 1.94. The van der Waals surface area contributed by atoms with Crippen LogP contribution in [0.4, 0.5) is 0 Å². The third-order valence-corrected chi connectivity index (χ3v) is 5.48. The highest BCUT2D eigenvalue weighted by atomic mass is 79.9. The van der Waals surface area contributed by atoms with Gasteiger partial charge < -0.3 is 9.64 Å². The van der Waals surface area contributed by atoms with Crippen molar-refractivity contribution in [1.82, 2.24) is 9.88 Å². The maximum atomic E-state index is 12.6. The van der Waals surface area contributed by atoms with Gasteiger partial charge in [0.2, 0.25) is 5.91 Å². The highest BCUT2D eigenvalue weighted by Crippen LogP contribution is 2.26. The monoisotopic (exact) mass is 424 g/mol. The Kier molecular flexibility index (Phi) is 5.39. The Morgan fingerprint density at radius 2 is 1.81 bits per heavy atom. The summed E-state index contributed by atoms with van der Waals surface area (Å²) in [6.07, 6.45) is 4.05. The molecule has 2 heterocycles. The zero-order chi connectivity index (χ0) is 18.6. The maximum absolute atomic E-state index is 12.6. The van der Waals surface area contributed by atoms with E-state index in [2.05, 4.69) is 20.9 Å². The van der Waals surface area contributed by atoms with E-state index < -0.39 is 0 Å². The van der Waals surface area contributed by atoms with Gasteiger partial charge in [0.05, 0.1) is 6.42 Å². The first-order valence-corrected chi connectivity index (χ1v) is 10.0. The van der Waals surface area contributed by atoms with Crippen molar-refractivity contribution in [1.29, 1.82) is 0 Å². The molecule has 5 heteroatoms. The van der Waals surface area contributed by atoms with Crippen molar-refractivity contribution in [3.8, 4) is 5.75 Å². The predicted octanol–water partition coefficient (Wildman–Crippen LogP) is 4.61. The molecule has 0 bridgehead atoms. The van der Waals surface area contributed by atoms with Crippen LogP contribution in [0.25, 0.3) is 10.9 Å². The number of ether oxygens (including phenoxy) is 1. The fraction of sp³-hybridized carbons (Fsp3) is 0.273. The summed E-state index contributed by atoms with van der Waals surface area (Å²) in [6.45, 7) is 1.47. The van der Waals surface area contributed by atoms with Gasteiger partial charge in [-0.2, -0.15) is 0 Å². The van der Waals surface area contributed by atoms with Gasteiger partial charge in [0, 0.05) is 42.0 Å². The van der Waals surface area contributed by atoms with Crippen LogP contribution in [0.2, 0.25) is 0 Å². The Balaban J connectivity index is 1.34. The van der Waals surface area contributed by atoms with Crippen LogP contribution in [-0.4, -0.2) is 35.0 Å². The lowest BCUT2D eigenvalue weighted by Gasteiger charge is -2.32. The number of aromatic nitrogens is 1. The largest absolute Gasteiger partial charge is 0.488 e. The van der Waals surface area contributed by atoms with E-state index >= 15 is 0 Å². The molecule has 0 atom stereocenters. The molecule has 3 aromatic rings. The summed E-state index contributed by atoms with van der Waals surface area (Å²) in [7, 11) is 0. The average molecular weight is 425 g/mol. The van der Waals surface area contributed by atoms with Crippen LogP contribution in [0.15, 0.2) is 65.3 Å². The molecule has 1 aliphatic heterocycles. The quantitative estimate of drug-likeness (QED) is 0.613. The van der Waals surface area contributed by atoms with Gasteiger partial charge >= 0.3 is 0 Å². The molecule has 0 saturated carbocycles. The molecule has 0 N–H and O–H groups in total. The number of carbonyl (C=O) groups is 1. The van der Waals surface area contributed by atoms with E-state index in [9.17, 15) is 4.79 Å². The number of likely N-dealkylation sites (tertiary alicyclic amines) is 1. The summed E-state index contributed by atoms with van der Waals surface area (Å²) in [4.78, 5) is 19.0. The number of para-hydroxylation sites is 1. The van der Waals surface area contributed by atoms with Crippen LogP contribution in [0, 0.1) is 0 Å². The molecule has 1 aliphatic rings. The van der Waals surface area contributed by atoms with Crippen molar-refractivity contribution in [3.05, 3.63) is 70.8 Å². The highest BCUT2D eigenvalue weighted by Gasteiger charge is 2.24. The molecule has 0 aliphatic carbocycles. The minimum atomic E-state index is 0.120. The number of nitrogens with zero attached hydrogens (tertiary/aromatic N) is 2. The molecule has 4 nitrogen and oxygen atoms in total. The number of piperidine rings is 1.